The highest BCUT2D eigenvalue weighted by Gasteiger charge is 2.09. The summed E-state index contributed by atoms with van der Waals surface area (Å²) in [6.45, 7) is 2.28. The van der Waals surface area contributed by atoms with E-state index in [0.717, 1.165) is 0 Å². The summed E-state index contributed by atoms with van der Waals surface area (Å²) in [4.78, 5) is 10.7. The number of hydrogen-bond acceptors (Lipinski definition) is 5. The van der Waals surface area contributed by atoms with Gasteiger partial charge in [0.1, 0.15) is 6.07 Å². The second-order valence-corrected chi connectivity index (χ2v) is 3.27. The van der Waals surface area contributed by atoms with E-state index in [2.05, 4.69) is 0 Å². The van der Waals surface area contributed by atoms with E-state index in [1.165, 1.54) is 13.2 Å². The zero-order valence-corrected chi connectivity index (χ0v) is 10.1. The Kier molecular flexibility index (Phi) is 4.76. The molecule has 0 fully saturated rings. The van der Waals surface area contributed by atoms with Gasteiger partial charge in [0, 0.05) is 5.56 Å². The Hall–Kier alpha value is -2.48. The van der Waals surface area contributed by atoms with Crippen molar-refractivity contribution in [3.05, 3.63) is 29.3 Å². The maximum Gasteiger partial charge on any atom is 0.167 e. The number of nitriles is 1. The maximum atomic E-state index is 10.7. The van der Waals surface area contributed by atoms with Gasteiger partial charge < -0.3 is 19.4 Å². The first-order valence-electron chi connectivity index (χ1n) is 5.27. The van der Waals surface area contributed by atoms with E-state index in [1.807, 2.05) is 6.92 Å². The van der Waals surface area contributed by atoms with Crippen LogP contribution in [0.1, 0.15) is 12.5 Å². The Bertz CT molecular complexity index is 514. The third-order valence-electron chi connectivity index (χ3n) is 2.15. The van der Waals surface area contributed by atoms with Crippen LogP contribution in [0.3, 0.4) is 0 Å². The number of carboxylic acid groups (broad SMARTS) is 1. The van der Waals surface area contributed by atoms with Crippen LogP contribution in [0.2, 0.25) is 0 Å². The molecule has 0 aliphatic rings. The molecule has 0 spiro atoms. The molecule has 1 rings (SSSR count). The Labute approximate surface area is 105 Å². The van der Waals surface area contributed by atoms with E-state index in [9.17, 15) is 9.90 Å². The van der Waals surface area contributed by atoms with Gasteiger partial charge in [0.15, 0.2) is 11.5 Å². The Morgan fingerprint density at radius 3 is 2.78 bits per heavy atom. The third-order valence-corrected chi connectivity index (χ3v) is 2.15. The van der Waals surface area contributed by atoms with Gasteiger partial charge in [0.25, 0.3) is 0 Å². The zero-order chi connectivity index (χ0) is 13.5. The molecule has 0 aliphatic carbocycles. The fourth-order valence-corrected chi connectivity index (χ4v) is 1.43. The number of hydrogen-bond donors (Lipinski definition) is 0. The molecule has 1 aromatic rings. The van der Waals surface area contributed by atoms with Crippen molar-refractivity contribution in [1.82, 2.24) is 0 Å². The van der Waals surface area contributed by atoms with Crippen molar-refractivity contribution >= 4 is 12.0 Å². The number of rotatable bonds is 5. The molecule has 0 bridgehead atoms. The molecular formula is C13H12NO4-. The Morgan fingerprint density at radius 2 is 2.28 bits per heavy atom. The van der Waals surface area contributed by atoms with Crippen molar-refractivity contribution in [1.29, 1.82) is 5.26 Å². The van der Waals surface area contributed by atoms with Gasteiger partial charge in [-0.2, -0.15) is 5.26 Å². The predicted octanol–water partition coefficient (Wildman–Crippen LogP) is 0.751. The van der Waals surface area contributed by atoms with E-state index in [-0.39, 0.29) is 0 Å². The van der Waals surface area contributed by atoms with Crippen molar-refractivity contribution in [3.8, 4) is 17.6 Å². The lowest BCUT2D eigenvalue weighted by Gasteiger charge is -2.12. The van der Waals surface area contributed by atoms with Gasteiger partial charge in [-0.05, 0) is 19.1 Å². The molecule has 0 heterocycles. The molecule has 0 aromatic heterocycles. The predicted molar refractivity (Wildman–Crippen MR) is 62.8 cm³/mol. The second kappa shape index (κ2) is 6.30. The summed E-state index contributed by atoms with van der Waals surface area (Å²) >= 11 is 0. The van der Waals surface area contributed by atoms with E-state index < -0.39 is 11.5 Å². The van der Waals surface area contributed by atoms with Crippen molar-refractivity contribution in [2.45, 2.75) is 6.92 Å². The highest BCUT2D eigenvalue weighted by atomic mass is 16.5. The SMILES string of the molecule is CCOc1cccc(/C=C(\C#N)C(=O)[O-])c1OC. The Morgan fingerprint density at radius 1 is 1.56 bits per heavy atom. The molecule has 5 heteroatoms. The molecule has 0 saturated carbocycles. The van der Waals surface area contributed by atoms with Crippen molar-refractivity contribution < 1.29 is 19.4 Å². The zero-order valence-electron chi connectivity index (χ0n) is 10.1. The lowest BCUT2D eigenvalue weighted by molar-refractivity contribution is -0.298. The van der Waals surface area contributed by atoms with E-state index >= 15 is 0 Å². The molecule has 0 unspecified atom stereocenters. The van der Waals surface area contributed by atoms with Gasteiger partial charge in [0.05, 0.1) is 25.3 Å². The molecule has 0 aliphatic heterocycles. The summed E-state index contributed by atoms with van der Waals surface area (Å²) in [6, 6.07) is 6.57. The van der Waals surface area contributed by atoms with E-state index in [4.69, 9.17) is 14.7 Å². The average Bonchev–Trinajstić information content (AvgIpc) is 2.36. The number of carbonyl (C=O) groups excluding carboxylic acids is 1. The van der Waals surface area contributed by atoms with Crippen LogP contribution in [0.15, 0.2) is 23.8 Å². The first-order valence-corrected chi connectivity index (χ1v) is 5.27. The highest BCUT2D eigenvalue weighted by molar-refractivity contribution is 5.95. The normalized spacial score (nSPS) is 10.6. The van der Waals surface area contributed by atoms with Crippen LogP contribution >= 0.6 is 0 Å². The molecule has 5 nitrogen and oxygen atoms in total. The summed E-state index contributed by atoms with van der Waals surface area (Å²) in [5.41, 5.74) is -0.0221. The van der Waals surface area contributed by atoms with E-state index in [1.54, 1.807) is 24.3 Å². The number of nitrogens with zero attached hydrogens (tertiary/aromatic N) is 1. The molecule has 0 N–H and O–H groups in total. The molecule has 0 atom stereocenters. The average molecular weight is 246 g/mol. The smallest absolute Gasteiger partial charge is 0.167 e. The minimum absolute atomic E-state index is 0.383. The van der Waals surface area contributed by atoms with E-state index in [0.29, 0.717) is 23.7 Å². The molecule has 0 amide bonds. The summed E-state index contributed by atoms with van der Waals surface area (Å²) in [5.74, 6) is -0.654. The molecule has 0 radical (unpaired) electrons. The topological polar surface area (TPSA) is 82.4 Å². The summed E-state index contributed by atoms with van der Waals surface area (Å²) in [7, 11) is 1.44. The number of aliphatic carboxylic acids is 1. The van der Waals surface area contributed by atoms with Crippen LogP contribution in [-0.4, -0.2) is 19.7 Å². The molecule has 94 valence electrons. The van der Waals surface area contributed by atoms with Crippen LogP contribution in [0.4, 0.5) is 0 Å². The van der Waals surface area contributed by atoms with Crippen molar-refractivity contribution in [2.24, 2.45) is 0 Å². The molecule has 18 heavy (non-hydrogen) atoms. The molecule has 0 saturated heterocycles. The minimum Gasteiger partial charge on any atom is -0.544 e. The number of ether oxygens (including phenoxy) is 2. The maximum absolute atomic E-state index is 10.7. The molecule has 1 aromatic carbocycles. The number of carboxylic acids is 1. The van der Waals surface area contributed by atoms with Gasteiger partial charge in [0.2, 0.25) is 0 Å². The fraction of sp³-hybridized carbons (Fsp3) is 0.231. The number of benzene rings is 1. The van der Waals surface area contributed by atoms with Gasteiger partial charge >= 0.3 is 0 Å². The van der Waals surface area contributed by atoms with Crippen LogP contribution in [0.25, 0.3) is 6.08 Å². The van der Waals surface area contributed by atoms with Gasteiger partial charge in [-0.15, -0.1) is 0 Å². The summed E-state index contributed by atoms with van der Waals surface area (Å²) in [5, 5.41) is 19.4. The van der Waals surface area contributed by atoms with Crippen LogP contribution < -0.4 is 14.6 Å². The largest absolute Gasteiger partial charge is 0.544 e. The standard InChI is InChI=1S/C13H13NO4/c1-3-18-11-6-4-5-9(12(11)17-2)7-10(8-14)13(15)16/h4-7H,3H2,1-2H3,(H,15,16)/p-1/b10-7+. The number of carbonyl (C=O) groups is 1. The minimum atomic E-state index is -1.53. The first kappa shape index (κ1) is 13.6. The Balaban J connectivity index is 3.29. The van der Waals surface area contributed by atoms with Gasteiger partial charge in [-0.1, -0.05) is 12.1 Å². The van der Waals surface area contributed by atoms with Gasteiger partial charge in [-0.25, -0.2) is 0 Å². The first-order chi connectivity index (χ1) is 8.63. The van der Waals surface area contributed by atoms with Crippen molar-refractivity contribution in [2.75, 3.05) is 13.7 Å². The lowest BCUT2D eigenvalue weighted by Crippen LogP contribution is -2.23. The fourth-order valence-electron chi connectivity index (χ4n) is 1.43. The third kappa shape index (κ3) is 3.01. The second-order valence-electron chi connectivity index (χ2n) is 3.27. The number of para-hydroxylation sites is 1. The van der Waals surface area contributed by atoms with Crippen LogP contribution in [0, 0.1) is 11.3 Å². The lowest BCUT2D eigenvalue weighted by atomic mass is 10.1. The quantitative estimate of drug-likeness (QED) is 0.565. The van der Waals surface area contributed by atoms with Crippen LogP contribution in [-0.2, 0) is 4.79 Å². The van der Waals surface area contributed by atoms with Crippen molar-refractivity contribution in [3.63, 3.8) is 0 Å². The van der Waals surface area contributed by atoms with Gasteiger partial charge in [-0.3, -0.25) is 0 Å². The monoisotopic (exact) mass is 246 g/mol. The summed E-state index contributed by atoms with van der Waals surface area (Å²) in [6.07, 6.45) is 1.19. The molecular weight excluding hydrogens is 234 g/mol. The van der Waals surface area contributed by atoms with Crippen LogP contribution in [0.5, 0.6) is 11.5 Å². The highest BCUT2D eigenvalue weighted by Crippen LogP contribution is 2.32. The number of methoxy groups -OCH3 is 1. The summed E-state index contributed by atoms with van der Waals surface area (Å²) < 4.78 is 10.5.